The van der Waals surface area contributed by atoms with Gasteiger partial charge in [0.1, 0.15) is 0 Å². The molecule has 0 aliphatic heterocycles. The second-order valence-electron chi connectivity index (χ2n) is 4.88. The van der Waals surface area contributed by atoms with Crippen molar-refractivity contribution in [2.24, 2.45) is 5.73 Å². The molecule has 1 fully saturated rings. The lowest BCUT2D eigenvalue weighted by Crippen LogP contribution is -2.46. The zero-order valence-corrected chi connectivity index (χ0v) is 13.5. The molecule has 0 aromatic carbocycles. The number of nitrogens with one attached hydrogen (secondary N) is 1. The van der Waals surface area contributed by atoms with E-state index in [9.17, 15) is 13.2 Å². The first-order chi connectivity index (χ1) is 8.85. The molecule has 0 aromatic heterocycles. The Hall–Kier alpha value is -0.410. The number of ether oxygens (including phenoxy) is 1. The number of hydrogen-bond donors (Lipinski definition) is 2. The molecule has 7 nitrogen and oxygen atoms in total. The summed E-state index contributed by atoms with van der Waals surface area (Å²) in [7, 11) is -0.824. The number of carbonyl (C=O) groups is 1. The van der Waals surface area contributed by atoms with E-state index in [4.69, 9.17) is 5.73 Å². The molecule has 1 rings (SSSR count). The lowest BCUT2D eigenvalue weighted by molar-refractivity contribution is -0.140. The third kappa shape index (κ3) is 6.36. The van der Waals surface area contributed by atoms with E-state index in [1.165, 1.54) is 14.2 Å². The Kier molecular flexibility index (Phi) is 8.60. The highest BCUT2D eigenvalue weighted by Gasteiger charge is 2.25. The van der Waals surface area contributed by atoms with Gasteiger partial charge in [0.25, 0.3) is 10.2 Å². The zero-order chi connectivity index (χ0) is 14.5. The predicted molar refractivity (Wildman–Crippen MR) is 78.8 cm³/mol. The van der Waals surface area contributed by atoms with Crippen LogP contribution >= 0.6 is 12.4 Å². The third-order valence-electron chi connectivity index (χ3n) is 3.36. The summed E-state index contributed by atoms with van der Waals surface area (Å²) in [6.07, 6.45) is 3.22. The predicted octanol–water partition coefficient (Wildman–Crippen LogP) is 0.00740. The van der Waals surface area contributed by atoms with Gasteiger partial charge in [-0.3, -0.25) is 4.79 Å². The van der Waals surface area contributed by atoms with E-state index >= 15 is 0 Å². The van der Waals surface area contributed by atoms with Crippen molar-refractivity contribution < 1.29 is 17.9 Å². The molecule has 0 bridgehead atoms. The first kappa shape index (κ1) is 19.6. The van der Waals surface area contributed by atoms with Gasteiger partial charge in [-0.05, 0) is 25.7 Å². The zero-order valence-electron chi connectivity index (χ0n) is 11.9. The van der Waals surface area contributed by atoms with E-state index in [2.05, 4.69) is 9.46 Å². The van der Waals surface area contributed by atoms with Gasteiger partial charge in [-0.1, -0.05) is 0 Å². The van der Waals surface area contributed by atoms with Crippen LogP contribution in [0, 0.1) is 0 Å². The Bertz CT molecular complexity index is 396. The maximum Gasteiger partial charge on any atom is 0.306 e. The fourth-order valence-electron chi connectivity index (χ4n) is 2.01. The van der Waals surface area contributed by atoms with E-state index in [0.29, 0.717) is 0 Å². The molecule has 0 unspecified atom stereocenters. The van der Waals surface area contributed by atoms with Crippen molar-refractivity contribution in [2.75, 3.05) is 20.7 Å². The molecule has 0 spiro atoms. The van der Waals surface area contributed by atoms with Crippen LogP contribution in [0.25, 0.3) is 0 Å². The minimum atomic E-state index is -3.55. The van der Waals surface area contributed by atoms with E-state index in [1.807, 2.05) is 0 Å². The van der Waals surface area contributed by atoms with Crippen LogP contribution in [0.2, 0.25) is 0 Å². The Morgan fingerprint density at radius 2 is 1.90 bits per heavy atom. The van der Waals surface area contributed by atoms with Crippen LogP contribution in [0.3, 0.4) is 0 Å². The topological polar surface area (TPSA) is 102 Å². The van der Waals surface area contributed by atoms with Crippen molar-refractivity contribution in [1.29, 1.82) is 0 Å². The summed E-state index contributed by atoms with van der Waals surface area (Å²) in [4.78, 5) is 11.0. The van der Waals surface area contributed by atoms with Gasteiger partial charge in [0.15, 0.2) is 0 Å². The number of rotatable bonds is 6. The Labute approximate surface area is 126 Å². The minimum Gasteiger partial charge on any atom is -0.469 e. The van der Waals surface area contributed by atoms with Crippen LogP contribution in [0.4, 0.5) is 0 Å². The molecule has 1 aliphatic carbocycles. The summed E-state index contributed by atoms with van der Waals surface area (Å²) in [5, 5.41) is 0. The van der Waals surface area contributed by atoms with Crippen LogP contribution in [0.1, 0.15) is 32.1 Å². The molecule has 0 radical (unpaired) electrons. The summed E-state index contributed by atoms with van der Waals surface area (Å²) >= 11 is 0. The van der Waals surface area contributed by atoms with Crippen molar-refractivity contribution >= 4 is 28.6 Å². The van der Waals surface area contributed by atoms with Crippen LogP contribution in [0.5, 0.6) is 0 Å². The standard InChI is InChI=1S/C11H23N3O4S.ClH/c1-14(8-7-11(15)18-2)19(16,17)13-10-5-3-9(12)4-6-10;/h9-10,13H,3-8,12H2,1-2H3;1H. The number of hydrogen-bond acceptors (Lipinski definition) is 5. The molecule has 3 N–H and O–H groups in total. The molecule has 120 valence electrons. The van der Waals surface area contributed by atoms with E-state index in [1.54, 1.807) is 0 Å². The molecule has 0 saturated heterocycles. The highest BCUT2D eigenvalue weighted by molar-refractivity contribution is 7.87. The van der Waals surface area contributed by atoms with Gasteiger partial charge in [-0.2, -0.15) is 17.4 Å². The second-order valence-corrected chi connectivity index (χ2v) is 6.69. The molecule has 0 heterocycles. The fraction of sp³-hybridized carbons (Fsp3) is 0.909. The van der Waals surface area contributed by atoms with Crippen LogP contribution in [0.15, 0.2) is 0 Å². The SMILES string of the molecule is COC(=O)CCN(C)S(=O)(=O)NC1CCC(N)CC1.Cl. The molecule has 1 saturated carbocycles. The lowest BCUT2D eigenvalue weighted by Gasteiger charge is -2.28. The number of nitrogens with two attached hydrogens (primary N) is 1. The Morgan fingerprint density at radius 1 is 1.35 bits per heavy atom. The van der Waals surface area contributed by atoms with E-state index in [0.717, 1.165) is 30.0 Å². The van der Waals surface area contributed by atoms with Gasteiger partial charge >= 0.3 is 5.97 Å². The molecule has 0 amide bonds. The Balaban J connectivity index is 0.00000361. The lowest BCUT2D eigenvalue weighted by atomic mass is 9.93. The maximum atomic E-state index is 12.0. The van der Waals surface area contributed by atoms with Crippen molar-refractivity contribution in [3.05, 3.63) is 0 Å². The molecular weight excluding hydrogens is 306 g/mol. The summed E-state index contributed by atoms with van der Waals surface area (Å²) in [5.74, 6) is -0.425. The fourth-order valence-corrected chi connectivity index (χ4v) is 3.18. The van der Waals surface area contributed by atoms with Crippen LogP contribution in [-0.2, 0) is 19.7 Å². The van der Waals surface area contributed by atoms with Gasteiger partial charge < -0.3 is 10.5 Å². The summed E-state index contributed by atoms with van der Waals surface area (Å²) in [6.45, 7) is 0.105. The number of carbonyl (C=O) groups excluding carboxylic acids is 1. The second kappa shape index (κ2) is 8.78. The molecule has 0 aromatic rings. The van der Waals surface area contributed by atoms with Gasteiger partial charge in [-0.25, -0.2) is 0 Å². The first-order valence-electron chi connectivity index (χ1n) is 6.41. The van der Waals surface area contributed by atoms with Crippen LogP contribution < -0.4 is 10.5 Å². The largest absolute Gasteiger partial charge is 0.469 e. The highest BCUT2D eigenvalue weighted by Crippen LogP contribution is 2.18. The van der Waals surface area contributed by atoms with E-state index < -0.39 is 16.2 Å². The van der Waals surface area contributed by atoms with Gasteiger partial charge in [0.2, 0.25) is 0 Å². The number of nitrogens with zero attached hydrogens (tertiary/aromatic N) is 1. The molecular formula is C11H24ClN3O4S. The van der Waals surface area contributed by atoms with Gasteiger partial charge in [0.05, 0.1) is 13.5 Å². The van der Waals surface area contributed by atoms with Crippen molar-refractivity contribution in [2.45, 2.75) is 44.2 Å². The van der Waals surface area contributed by atoms with Gasteiger partial charge in [-0.15, -0.1) is 12.4 Å². The number of methoxy groups -OCH3 is 1. The number of esters is 1. The van der Waals surface area contributed by atoms with Gasteiger partial charge in [0, 0.05) is 25.7 Å². The average Bonchev–Trinajstić information content (AvgIpc) is 2.37. The molecule has 9 heteroatoms. The Morgan fingerprint density at radius 3 is 2.40 bits per heavy atom. The average molecular weight is 330 g/mol. The first-order valence-corrected chi connectivity index (χ1v) is 7.85. The molecule has 20 heavy (non-hydrogen) atoms. The minimum absolute atomic E-state index is 0. The van der Waals surface area contributed by atoms with E-state index in [-0.39, 0.29) is 37.5 Å². The highest BCUT2D eigenvalue weighted by atomic mass is 35.5. The van der Waals surface area contributed by atoms with Crippen molar-refractivity contribution in [3.8, 4) is 0 Å². The quantitative estimate of drug-likeness (QED) is 0.668. The van der Waals surface area contributed by atoms with Crippen molar-refractivity contribution in [1.82, 2.24) is 9.03 Å². The smallest absolute Gasteiger partial charge is 0.306 e. The molecule has 0 atom stereocenters. The summed E-state index contributed by atoms with van der Waals surface area (Å²) < 4.78 is 32.3. The van der Waals surface area contributed by atoms with Crippen LogP contribution in [-0.4, -0.2) is 51.5 Å². The summed E-state index contributed by atoms with van der Waals surface area (Å²) in [5.41, 5.74) is 5.78. The summed E-state index contributed by atoms with van der Waals surface area (Å²) in [6, 6.07) is 0.114. The molecule has 1 aliphatic rings. The monoisotopic (exact) mass is 329 g/mol. The third-order valence-corrected chi connectivity index (χ3v) is 4.99. The van der Waals surface area contributed by atoms with Crippen molar-refractivity contribution in [3.63, 3.8) is 0 Å². The number of halogens is 1. The normalized spacial score (nSPS) is 23.2. The maximum absolute atomic E-state index is 12.0.